The summed E-state index contributed by atoms with van der Waals surface area (Å²) in [4.78, 5) is 34.2. The standard InChI is InChI=1S/C19H14F3N5O2/c1-9-13-5-12(20)3-4-14(13)27-17(28)16(9)19(21,22)18(29)26-10(2)11-7-24-15(6-23)25-8-11/h3-5,7-8,10H,1-2H3,(H,26,29)(H,27,28)/t10-/m1/s1. The minimum Gasteiger partial charge on any atom is -0.344 e. The maximum absolute atomic E-state index is 14.9. The van der Waals surface area contributed by atoms with E-state index in [1.54, 1.807) is 6.07 Å². The zero-order chi connectivity index (χ0) is 21.3. The van der Waals surface area contributed by atoms with E-state index >= 15 is 0 Å². The Labute approximate surface area is 162 Å². The van der Waals surface area contributed by atoms with E-state index < -0.39 is 34.8 Å². The van der Waals surface area contributed by atoms with Gasteiger partial charge >= 0.3 is 5.92 Å². The number of carbonyl (C=O) groups is 1. The first kappa shape index (κ1) is 20.0. The van der Waals surface area contributed by atoms with E-state index in [0.717, 1.165) is 12.1 Å². The number of hydrogen-bond donors (Lipinski definition) is 2. The molecule has 0 fully saturated rings. The molecule has 29 heavy (non-hydrogen) atoms. The van der Waals surface area contributed by atoms with Crippen LogP contribution in [0.15, 0.2) is 35.4 Å². The summed E-state index contributed by atoms with van der Waals surface area (Å²) in [5.41, 5.74) is -1.93. The van der Waals surface area contributed by atoms with Gasteiger partial charge in [0, 0.05) is 28.9 Å². The van der Waals surface area contributed by atoms with Crippen LogP contribution < -0.4 is 10.9 Å². The van der Waals surface area contributed by atoms with E-state index in [1.165, 1.54) is 32.3 Å². The fourth-order valence-electron chi connectivity index (χ4n) is 2.91. The van der Waals surface area contributed by atoms with E-state index in [1.807, 2.05) is 0 Å². The van der Waals surface area contributed by atoms with Crippen molar-refractivity contribution in [3.05, 3.63) is 69.3 Å². The molecule has 148 valence electrons. The van der Waals surface area contributed by atoms with Crippen LogP contribution in [0.3, 0.4) is 0 Å². The molecule has 3 aromatic rings. The molecule has 0 aliphatic carbocycles. The van der Waals surface area contributed by atoms with E-state index in [9.17, 15) is 22.8 Å². The fourth-order valence-corrected chi connectivity index (χ4v) is 2.91. The number of alkyl halides is 2. The number of H-pyrrole nitrogens is 1. The van der Waals surface area contributed by atoms with E-state index in [0.29, 0.717) is 5.56 Å². The number of benzene rings is 1. The maximum atomic E-state index is 14.9. The van der Waals surface area contributed by atoms with Gasteiger partial charge in [-0.3, -0.25) is 9.59 Å². The zero-order valence-corrected chi connectivity index (χ0v) is 15.3. The molecule has 0 radical (unpaired) electrons. The number of nitriles is 1. The molecule has 7 nitrogen and oxygen atoms in total. The van der Waals surface area contributed by atoms with Crippen LogP contribution in [0.4, 0.5) is 13.2 Å². The second kappa shape index (κ2) is 7.35. The maximum Gasteiger partial charge on any atom is 0.355 e. The fraction of sp³-hybridized carbons (Fsp3) is 0.211. The van der Waals surface area contributed by atoms with Crippen LogP contribution in [0.25, 0.3) is 10.9 Å². The van der Waals surface area contributed by atoms with Crippen molar-refractivity contribution in [2.24, 2.45) is 0 Å². The summed E-state index contributed by atoms with van der Waals surface area (Å²) in [5.74, 6) is -6.66. The highest BCUT2D eigenvalue weighted by Gasteiger charge is 2.45. The van der Waals surface area contributed by atoms with Crippen molar-refractivity contribution in [2.45, 2.75) is 25.8 Å². The molecule has 0 unspecified atom stereocenters. The van der Waals surface area contributed by atoms with Gasteiger partial charge in [0.1, 0.15) is 11.9 Å². The van der Waals surface area contributed by atoms with Crippen molar-refractivity contribution in [1.82, 2.24) is 20.3 Å². The Balaban J connectivity index is 1.96. The smallest absolute Gasteiger partial charge is 0.344 e. The number of aromatic amines is 1. The molecular formula is C19H14F3N5O2. The topological polar surface area (TPSA) is 112 Å². The molecule has 1 aromatic carbocycles. The number of carbonyl (C=O) groups excluding carboxylic acids is 1. The lowest BCUT2D eigenvalue weighted by atomic mass is 9.99. The summed E-state index contributed by atoms with van der Waals surface area (Å²) in [5, 5.41) is 10.9. The Morgan fingerprint density at radius 1 is 1.31 bits per heavy atom. The average Bonchev–Trinajstić information content (AvgIpc) is 2.68. The Morgan fingerprint density at radius 3 is 2.59 bits per heavy atom. The Bertz CT molecular complexity index is 1200. The Kier molecular flexibility index (Phi) is 5.07. The number of aromatic nitrogens is 3. The van der Waals surface area contributed by atoms with Gasteiger partial charge in [-0.05, 0) is 37.6 Å². The number of aryl methyl sites for hydroxylation is 1. The predicted molar refractivity (Wildman–Crippen MR) is 96.5 cm³/mol. The van der Waals surface area contributed by atoms with Crippen LogP contribution in [-0.2, 0) is 10.7 Å². The average molecular weight is 401 g/mol. The lowest BCUT2D eigenvalue weighted by Crippen LogP contribution is -2.43. The van der Waals surface area contributed by atoms with Crippen molar-refractivity contribution in [3.63, 3.8) is 0 Å². The molecule has 0 bridgehead atoms. The first-order valence-corrected chi connectivity index (χ1v) is 8.38. The second-order valence-electron chi connectivity index (χ2n) is 6.37. The third-order valence-corrected chi connectivity index (χ3v) is 4.45. The van der Waals surface area contributed by atoms with E-state index in [2.05, 4.69) is 20.3 Å². The second-order valence-corrected chi connectivity index (χ2v) is 6.37. The number of nitrogens with zero attached hydrogens (tertiary/aromatic N) is 3. The van der Waals surface area contributed by atoms with Crippen LogP contribution >= 0.6 is 0 Å². The monoisotopic (exact) mass is 401 g/mol. The minimum absolute atomic E-state index is 0.0700. The van der Waals surface area contributed by atoms with Crippen molar-refractivity contribution < 1.29 is 18.0 Å². The van der Waals surface area contributed by atoms with Crippen LogP contribution in [0.1, 0.15) is 35.5 Å². The van der Waals surface area contributed by atoms with Gasteiger partial charge in [-0.1, -0.05) is 0 Å². The molecule has 10 heteroatoms. The summed E-state index contributed by atoms with van der Waals surface area (Å²) in [6.45, 7) is 2.65. The van der Waals surface area contributed by atoms with Gasteiger partial charge in [-0.2, -0.15) is 14.0 Å². The number of amides is 1. The SMILES string of the molecule is Cc1c(C(F)(F)C(=O)N[C@H](C)c2cnc(C#N)nc2)c(=O)[nH]c2ccc(F)cc12. The number of halogens is 3. The molecule has 0 aliphatic heterocycles. The highest BCUT2D eigenvalue weighted by Crippen LogP contribution is 2.32. The molecule has 2 N–H and O–H groups in total. The molecule has 3 rings (SSSR count). The number of fused-ring (bicyclic) bond motifs is 1. The summed E-state index contributed by atoms with van der Waals surface area (Å²) < 4.78 is 43.3. The van der Waals surface area contributed by atoms with Crippen molar-refractivity contribution in [2.75, 3.05) is 0 Å². The Morgan fingerprint density at radius 2 is 1.97 bits per heavy atom. The molecule has 0 saturated carbocycles. The van der Waals surface area contributed by atoms with Crippen LogP contribution in [0.5, 0.6) is 0 Å². The summed E-state index contributed by atoms with van der Waals surface area (Å²) in [7, 11) is 0. The van der Waals surface area contributed by atoms with Gasteiger partial charge in [0.05, 0.1) is 11.6 Å². The van der Waals surface area contributed by atoms with Gasteiger partial charge in [-0.15, -0.1) is 0 Å². The third-order valence-electron chi connectivity index (χ3n) is 4.45. The van der Waals surface area contributed by atoms with E-state index in [-0.39, 0.29) is 22.3 Å². The number of rotatable bonds is 4. The van der Waals surface area contributed by atoms with Crippen molar-refractivity contribution >= 4 is 16.8 Å². The minimum atomic E-state index is -4.18. The van der Waals surface area contributed by atoms with Gasteiger partial charge in [0.15, 0.2) is 0 Å². The number of pyridine rings is 1. The molecule has 0 spiro atoms. The van der Waals surface area contributed by atoms with Crippen LogP contribution in [0.2, 0.25) is 0 Å². The van der Waals surface area contributed by atoms with E-state index in [4.69, 9.17) is 5.26 Å². The van der Waals surface area contributed by atoms with Gasteiger partial charge < -0.3 is 10.3 Å². The van der Waals surface area contributed by atoms with Crippen molar-refractivity contribution in [1.29, 1.82) is 5.26 Å². The number of nitrogens with one attached hydrogen (secondary N) is 2. The first-order chi connectivity index (χ1) is 13.6. The molecule has 0 saturated heterocycles. The summed E-state index contributed by atoms with van der Waals surface area (Å²) in [6, 6.07) is 4.15. The predicted octanol–water partition coefficient (Wildman–Crippen LogP) is 2.61. The molecule has 1 amide bonds. The van der Waals surface area contributed by atoms with Gasteiger partial charge in [0.2, 0.25) is 5.82 Å². The van der Waals surface area contributed by atoms with Crippen molar-refractivity contribution in [3.8, 4) is 6.07 Å². The number of hydrogen-bond acceptors (Lipinski definition) is 5. The van der Waals surface area contributed by atoms with Gasteiger partial charge in [0.25, 0.3) is 11.5 Å². The molecule has 1 atom stereocenters. The third kappa shape index (κ3) is 3.67. The lowest BCUT2D eigenvalue weighted by molar-refractivity contribution is -0.148. The molecule has 0 aliphatic rings. The molecule has 2 aromatic heterocycles. The lowest BCUT2D eigenvalue weighted by Gasteiger charge is -2.21. The zero-order valence-electron chi connectivity index (χ0n) is 15.3. The Hall–Kier alpha value is -3.74. The van der Waals surface area contributed by atoms with Crippen LogP contribution in [-0.4, -0.2) is 20.9 Å². The molecule has 2 heterocycles. The first-order valence-electron chi connectivity index (χ1n) is 8.38. The van der Waals surface area contributed by atoms with Gasteiger partial charge in [-0.25, -0.2) is 14.4 Å². The normalized spacial score (nSPS) is 12.4. The summed E-state index contributed by atoms with van der Waals surface area (Å²) >= 11 is 0. The highest BCUT2D eigenvalue weighted by atomic mass is 19.3. The highest BCUT2D eigenvalue weighted by molar-refractivity contribution is 5.89. The quantitative estimate of drug-likeness (QED) is 0.698. The molecular weight excluding hydrogens is 387 g/mol. The van der Waals surface area contributed by atoms with Crippen LogP contribution in [0, 0.1) is 24.1 Å². The largest absolute Gasteiger partial charge is 0.355 e. The summed E-state index contributed by atoms with van der Waals surface area (Å²) in [6.07, 6.45) is 2.46.